The summed E-state index contributed by atoms with van der Waals surface area (Å²) in [7, 11) is 0. The molecule has 1 aliphatic heterocycles. The van der Waals surface area contributed by atoms with Crippen LogP contribution in [0.1, 0.15) is 49.9 Å². The van der Waals surface area contributed by atoms with Crippen molar-refractivity contribution in [1.29, 1.82) is 0 Å². The molecule has 24 heavy (non-hydrogen) atoms. The van der Waals surface area contributed by atoms with Crippen molar-refractivity contribution in [1.82, 2.24) is 24.2 Å². The van der Waals surface area contributed by atoms with Crippen molar-refractivity contribution in [2.24, 2.45) is 0 Å². The molecule has 0 radical (unpaired) electrons. The number of likely N-dealkylation sites (tertiary alicyclic amines) is 1. The molecular weight excluding hydrogens is 302 g/mol. The van der Waals surface area contributed by atoms with Crippen LogP contribution in [0.3, 0.4) is 0 Å². The van der Waals surface area contributed by atoms with E-state index in [0.717, 1.165) is 50.3 Å². The Kier molecular flexibility index (Phi) is 5.33. The molecule has 6 nitrogen and oxygen atoms in total. The van der Waals surface area contributed by atoms with Crippen LogP contribution in [0.4, 0.5) is 0 Å². The smallest absolute Gasteiger partial charge is 0.244 e. The lowest BCUT2D eigenvalue weighted by molar-refractivity contribution is -0.133. The van der Waals surface area contributed by atoms with E-state index in [2.05, 4.69) is 27.8 Å². The molecule has 130 valence electrons. The van der Waals surface area contributed by atoms with Crippen LogP contribution < -0.4 is 0 Å². The Morgan fingerprint density at radius 1 is 1.42 bits per heavy atom. The summed E-state index contributed by atoms with van der Waals surface area (Å²) in [6.45, 7) is 7.14. The highest BCUT2D eigenvalue weighted by Gasteiger charge is 2.27. The summed E-state index contributed by atoms with van der Waals surface area (Å²) < 4.78 is 3.99. The van der Waals surface area contributed by atoms with Gasteiger partial charge in [-0.2, -0.15) is 5.10 Å². The van der Waals surface area contributed by atoms with E-state index in [4.69, 9.17) is 0 Å². The molecule has 1 atom stereocenters. The molecule has 3 rings (SSSR count). The van der Waals surface area contributed by atoms with Gasteiger partial charge >= 0.3 is 0 Å². The van der Waals surface area contributed by atoms with E-state index in [1.54, 1.807) is 10.9 Å². The largest absolute Gasteiger partial charge is 0.340 e. The van der Waals surface area contributed by atoms with Crippen LogP contribution in [0, 0.1) is 6.92 Å². The number of unbranched alkanes of at least 4 members (excludes halogenated alkanes) is 1. The monoisotopic (exact) mass is 329 g/mol. The van der Waals surface area contributed by atoms with E-state index >= 15 is 0 Å². The molecule has 1 fully saturated rings. The fourth-order valence-corrected chi connectivity index (χ4v) is 3.40. The molecule has 0 aliphatic carbocycles. The van der Waals surface area contributed by atoms with Crippen LogP contribution in [0.15, 0.2) is 24.8 Å². The average molecular weight is 329 g/mol. The first-order valence-corrected chi connectivity index (χ1v) is 8.95. The second-order valence-electron chi connectivity index (χ2n) is 6.73. The molecule has 0 unspecified atom stereocenters. The lowest BCUT2D eigenvalue weighted by Gasteiger charge is -2.32. The number of nitrogens with zero attached hydrogens (tertiary/aromatic N) is 5. The van der Waals surface area contributed by atoms with Gasteiger partial charge in [-0.1, -0.05) is 13.3 Å². The molecule has 0 spiro atoms. The van der Waals surface area contributed by atoms with Gasteiger partial charge in [0.1, 0.15) is 12.4 Å². The number of aryl methyl sites for hydroxylation is 2. The van der Waals surface area contributed by atoms with Crippen LogP contribution in [-0.2, 0) is 17.9 Å². The van der Waals surface area contributed by atoms with Crippen molar-refractivity contribution in [3.05, 3.63) is 36.2 Å². The number of hydrogen-bond donors (Lipinski definition) is 0. The minimum atomic E-state index is 0.148. The number of hydrogen-bond acceptors (Lipinski definition) is 3. The highest BCUT2D eigenvalue weighted by Crippen LogP contribution is 2.26. The van der Waals surface area contributed by atoms with Crippen LogP contribution in [0.2, 0.25) is 0 Å². The maximum Gasteiger partial charge on any atom is 0.244 e. The van der Waals surface area contributed by atoms with Gasteiger partial charge in [0, 0.05) is 44.1 Å². The summed E-state index contributed by atoms with van der Waals surface area (Å²) >= 11 is 0. The van der Waals surface area contributed by atoms with Gasteiger partial charge < -0.3 is 9.47 Å². The molecule has 1 saturated heterocycles. The minimum Gasteiger partial charge on any atom is -0.340 e. The number of amides is 1. The number of carbonyl (C=O) groups excluding carboxylic acids is 1. The summed E-state index contributed by atoms with van der Waals surface area (Å²) in [5, 5.41) is 4.22. The van der Waals surface area contributed by atoms with Crippen molar-refractivity contribution in [2.45, 2.75) is 58.5 Å². The highest BCUT2D eigenvalue weighted by molar-refractivity contribution is 5.76. The topological polar surface area (TPSA) is 56.0 Å². The van der Waals surface area contributed by atoms with Crippen LogP contribution in [0.5, 0.6) is 0 Å². The summed E-state index contributed by atoms with van der Waals surface area (Å²) in [5.41, 5.74) is 1.08. The van der Waals surface area contributed by atoms with Crippen molar-refractivity contribution < 1.29 is 4.79 Å². The number of rotatable bonds is 6. The van der Waals surface area contributed by atoms with Crippen molar-refractivity contribution in [3.8, 4) is 0 Å². The zero-order chi connectivity index (χ0) is 16.9. The Morgan fingerprint density at radius 3 is 3.04 bits per heavy atom. The van der Waals surface area contributed by atoms with Crippen molar-refractivity contribution in [2.75, 3.05) is 13.1 Å². The molecule has 0 saturated carbocycles. The van der Waals surface area contributed by atoms with E-state index < -0.39 is 0 Å². The van der Waals surface area contributed by atoms with Gasteiger partial charge in [-0.05, 0) is 31.7 Å². The van der Waals surface area contributed by atoms with E-state index in [0.29, 0.717) is 12.5 Å². The zero-order valence-corrected chi connectivity index (χ0v) is 14.7. The quantitative estimate of drug-likeness (QED) is 0.818. The molecule has 3 heterocycles. The summed E-state index contributed by atoms with van der Waals surface area (Å²) in [6.07, 6.45) is 12.1. The fraction of sp³-hybridized carbons (Fsp3) is 0.611. The molecule has 6 heteroatoms. The number of carbonyl (C=O) groups is 1. The Hall–Kier alpha value is -2.11. The third-order valence-corrected chi connectivity index (χ3v) is 4.70. The Morgan fingerprint density at radius 2 is 2.29 bits per heavy atom. The molecule has 1 amide bonds. The number of imidazole rings is 1. The van der Waals surface area contributed by atoms with Gasteiger partial charge in [0.25, 0.3) is 0 Å². The van der Waals surface area contributed by atoms with E-state index in [-0.39, 0.29) is 5.91 Å². The molecule has 0 N–H and O–H groups in total. The summed E-state index contributed by atoms with van der Waals surface area (Å²) in [4.78, 5) is 19.1. The summed E-state index contributed by atoms with van der Waals surface area (Å²) in [5.74, 6) is 1.62. The predicted octanol–water partition coefficient (Wildman–Crippen LogP) is 2.59. The lowest BCUT2D eigenvalue weighted by atomic mass is 9.97. The standard InChI is InChI=1S/C18H27N5O/c1-3-4-8-21-10-7-19-18(21)16-6-5-9-22(13-16)17(24)14-23-12-15(2)11-20-23/h7,10-12,16H,3-6,8-9,13-14H2,1-2H3/t16-/m1/s1. The summed E-state index contributed by atoms with van der Waals surface area (Å²) in [6, 6.07) is 0. The Labute approximate surface area is 143 Å². The molecule has 0 aromatic carbocycles. The van der Waals surface area contributed by atoms with Gasteiger partial charge in [0.15, 0.2) is 0 Å². The van der Waals surface area contributed by atoms with Gasteiger partial charge in [0.05, 0.1) is 6.20 Å². The second kappa shape index (κ2) is 7.64. The number of aromatic nitrogens is 4. The first-order chi connectivity index (χ1) is 11.7. The van der Waals surface area contributed by atoms with Gasteiger partial charge in [-0.25, -0.2) is 4.98 Å². The molecule has 2 aromatic rings. The van der Waals surface area contributed by atoms with Gasteiger partial charge in [-0.3, -0.25) is 9.48 Å². The van der Waals surface area contributed by atoms with E-state index in [9.17, 15) is 4.79 Å². The molecular formula is C18H27N5O. The molecule has 0 bridgehead atoms. The Bertz CT molecular complexity index is 675. The van der Waals surface area contributed by atoms with E-state index in [1.165, 1.54) is 6.42 Å². The molecule has 2 aromatic heterocycles. The highest BCUT2D eigenvalue weighted by atomic mass is 16.2. The van der Waals surface area contributed by atoms with Crippen LogP contribution in [-0.4, -0.2) is 43.2 Å². The SMILES string of the molecule is CCCCn1ccnc1[C@@H]1CCCN(C(=O)Cn2cc(C)cn2)C1. The maximum absolute atomic E-state index is 12.6. The van der Waals surface area contributed by atoms with Crippen LogP contribution >= 0.6 is 0 Å². The predicted molar refractivity (Wildman–Crippen MR) is 92.7 cm³/mol. The normalized spacial score (nSPS) is 18.1. The number of piperidine rings is 1. The fourth-order valence-electron chi connectivity index (χ4n) is 3.40. The molecule has 1 aliphatic rings. The second-order valence-corrected chi connectivity index (χ2v) is 6.73. The maximum atomic E-state index is 12.6. The van der Waals surface area contributed by atoms with Crippen LogP contribution in [0.25, 0.3) is 0 Å². The third-order valence-electron chi connectivity index (χ3n) is 4.70. The third kappa shape index (κ3) is 3.86. The van der Waals surface area contributed by atoms with Gasteiger partial charge in [-0.15, -0.1) is 0 Å². The minimum absolute atomic E-state index is 0.148. The Balaban J connectivity index is 1.63. The van der Waals surface area contributed by atoms with E-state index in [1.807, 2.05) is 24.2 Å². The first kappa shape index (κ1) is 16.7. The van der Waals surface area contributed by atoms with Crippen molar-refractivity contribution >= 4 is 5.91 Å². The lowest BCUT2D eigenvalue weighted by Crippen LogP contribution is -2.41. The van der Waals surface area contributed by atoms with Crippen molar-refractivity contribution in [3.63, 3.8) is 0 Å². The van der Waals surface area contributed by atoms with Gasteiger partial charge in [0.2, 0.25) is 5.91 Å². The average Bonchev–Trinajstić information content (AvgIpc) is 3.22. The zero-order valence-electron chi connectivity index (χ0n) is 14.7. The first-order valence-electron chi connectivity index (χ1n) is 8.95.